The van der Waals surface area contributed by atoms with Crippen molar-refractivity contribution in [3.05, 3.63) is 23.8 Å². The summed E-state index contributed by atoms with van der Waals surface area (Å²) < 4.78 is 0. The molecule has 4 N–H and O–H groups in total. The fourth-order valence-electron chi connectivity index (χ4n) is 1.71. The monoisotopic (exact) mass is 296 g/mol. The molecule has 0 radical (unpaired) electrons. The maximum absolute atomic E-state index is 10.9. The van der Waals surface area contributed by atoms with E-state index in [4.69, 9.17) is 17.3 Å². The third-order valence-electron chi connectivity index (χ3n) is 2.80. The van der Waals surface area contributed by atoms with Crippen LogP contribution < -0.4 is 10.6 Å². The number of carboxylic acids is 1. The van der Waals surface area contributed by atoms with Crippen LogP contribution in [0, 0.1) is 0 Å². The first-order valence-corrected chi connectivity index (χ1v) is 7.06. The van der Waals surface area contributed by atoms with Crippen LogP contribution in [0.5, 0.6) is 5.75 Å². The molecule has 0 aliphatic rings. The van der Waals surface area contributed by atoms with Crippen LogP contribution in [-0.2, 0) is 0 Å². The quantitative estimate of drug-likeness (QED) is 0.352. The first kappa shape index (κ1) is 16.2. The third kappa shape index (κ3) is 5.44. The van der Waals surface area contributed by atoms with E-state index in [0.717, 1.165) is 19.4 Å². The second-order valence-corrected chi connectivity index (χ2v) is 4.89. The SMILES string of the molecule is CCCCCCNC(=S)Nc1ccc(O)c(C(=O)O)c1. The van der Waals surface area contributed by atoms with Crippen LogP contribution in [0.3, 0.4) is 0 Å². The van der Waals surface area contributed by atoms with Crippen LogP contribution in [0.1, 0.15) is 43.0 Å². The van der Waals surface area contributed by atoms with Crippen molar-refractivity contribution in [3.63, 3.8) is 0 Å². The van der Waals surface area contributed by atoms with E-state index < -0.39 is 5.97 Å². The molecule has 0 atom stereocenters. The predicted molar refractivity (Wildman–Crippen MR) is 83.4 cm³/mol. The number of anilines is 1. The first-order chi connectivity index (χ1) is 9.54. The van der Waals surface area contributed by atoms with Crippen LogP contribution in [0.25, 0.3) is 0 Å². The van der Waals surface area contributed by atoms with Gasteiger partial charge in [0.05, 0.1) is 0 Å². The minimum atomic E-state index is -1.18. The molecule has 0 aliphatic heterocycles. The summed E-state index contributed by atoms with van der Waals surface area (Å²) in [4.78, 5) is 10.9. The van der Waals surface area contributed by atoms with E-state index >= 15 is 0 Å². The fourth-order valence-corrected chi connectivity index (χ4v) is 1.93. The molecule has 0 bridgehead atoms. The number of thiocarbonyl (C=S) groups is 1. The average molecular weight is 296 g/mol. The molecule has 0 spiro atoms. The van der Waals surface area contributed by atoms with Gasteiger partial charge in [0.25, 0.3) is 0 Å². The average Bonchev–Trinajstić information content (AvgIpc) is 2.40. The van der Waals surface area contributed by atoms with Crippen molar-refractivity contribution in [2.45, 2.75) is 32.6 Å². The Kier molecular flexibility index (Phi) is 6.79. The van der Waals surface area contributed by atoms with Crippen molar-refractivity contribution < 1.29 is 15.0 Å². The van der Waals surface area contributed by atoms with Gasteiger partial charge in [-0.3, -0.25) is 0 Å². The molecule has 1 rings (SSSR count). The van der Waals surface area contributed by atoms with Gasteiger partial charge in [0.1, 0.15) is 11.3 Å². The number of nitrogens with one attached hydrogen (secondary N) is 2. The summed E-state index contributed by atoms with van der Waals surface area (Å²) in [6.45, 7) is 2.94. The fraction of sp³-hybridized carbons (Fsp3) is 0.429. The summed E-state index contributed by atoms with van der Waals surface area (Å²) >= 11 is 5.12. The largest absolute Gasteiger partial charge is 0.507 e. The molecule has 0 aliphatic carbocycles. The minimum absolute atomic E-state index is 0.152. The highest BCUT2D eigenvalue weighted by atomic mass is 32.1. The lowest BCUT2D eigenvalue weighted by molar-refractivity contribution is 0.0694. The van der Waals surface area contributed by atoms with Gasteiger partial charge in [-0.15, -0.1) is 0 Å². The van der Waals surface area contributed by atoms with Crippen molar-refractivity contribution in [1.29, 1.82) is 0 Å². The van der Waals surface area contributed by atoms with Crippen molar-refractivity contribution in [2.24, 2.45) is 0 Å². The van der Waals surface area contributed by atoms with Crippen LogP contribution in [0.4, 0.5) is 5.69 Å². The summed E-state index contributed by atoms with van der Waals surface area (Å²) in [5, 5.41) is 24.7. The molecule has 20 heavy (non-hydrogen) atoms. The second kappa shape index (κ2) is 8.37. The molecule has 6 heteroatoms. The van der Waals surface area contributed by atoms with Crippen molar-refractivity contribution in [1.82, 2.24) is 5.32 Å². The van der Waals surface area contributed by atoms with Gasteiger partial charge in [-0.25, -0.2) is 4.79 Å². The van der Waals surface area contributed by atoms with Gasteiger partial charge in [0, 0.05) is 12.2 Å². The second-order valence-electron chi connectivity index (χ2n) is 4.48. The van der Waals surface area contributed by atoms with Gasteiger partial charge < -0.3 is 20.8 Å². The molecule has 0 saturated heterocycles. The number of rotatable bonds is 7. The molecular weight excluding hydrogens is 276 g/mol. The molecular formula is C14H20N2O3S. The number of benzene rings is 1. The lowest BCUT2D eigenvalue weighted by Crippen LogP contribution is -2.29. The van der Waals surface area contributed by atoms with E-state index in [-0.39, 0.29) is 11.3 Å². The van der Waals surface area contributed by atoms with Gasteiger partial charge in [-0.05, 0) is 36.8 Å². The lowest BCUT2D eigenvalue weighted by atomic mass is 10.2. The zero-order valence-electron chi connectivity index (χ0n) is 11.5. The highest BCUT2D eigenvalue weighted by Crippen LogP contribution is 2.21. The maximum atomic E-state index is 10.9. The molecule has 0 unspecified atom stereocenters. The van der Waals surface area contributed by atoms with Crippen LogP contribution >= 0.6 is 12.2 Å². The minimum Gasteiger partial charge on any atom is -0.507 e. The zero-order valence-corrected chi connectivity index (χ0v) is 12.3. The van der Waals surface area contributed by atoms with Crippen LogP contribution in [0.15, 0.2) is 18.2 Å². The van der Waals surface area contributed by atoms with E-state index in [0.29, 0.717) is 10.8 Å². The van der Waals surface area contributed by atoms with E-state index in [9.17, 15) is 9.90 Å². The number of aromatic carboxylic acids is 1. The predicted octanol–water partition coefficient (Wildman–Crippen LogP) is 2.96. The number of phenols is 1. The van der Waals surface area contributed by atoms with Gasteiger partial charge in [0.15, 0.2) is 5.11 Å². The van der Waals surface area contributed by atoms with Gasteiger partial charge in [-0.2, -0.15) is 0 Å². The molecule has 0 amide bonds. The van der Waals surface area contributed by atoms with E-state index in [2.05, 4.69) is 17.6 Å². The summed E-state index contributed by atoms with van der Waals surface area (Å²) in [5.41, 5.74) is 0.381. The Bertz CT molecular complexity index is 477. The van der Waals surface area contributed by atoms with Crippen LogP contribution in [0.2, 0.25) is 0 Å². The number of carboxylic acid groups (broad SMARTS) is 1. The van der Waals surface area contributed by atoms with Gasteiger partial charge >= 0.3 is 5.97 Å². The standard InChI is InChI=1S/C14H20N2O3S/c1-2-3-4-5-8-15-14(20)16-10-6-7-12(17)11(9-10)13(18)19/h6-7,9,17H,2-5,8H2,1H3,(H,18,19)(H2,15,16,20). The number of unbranched alkanes of at least 4 members (excludes halogenated alkanes) is 3. The molecule has 0 aromatic heterocycles. The smallest absolute Gasteiger partial charge is 0.339 e. The third-order valence-corrected chi connectivity index (χ3v) is 3.05. The summed E-state index contributed by atoms with van der Waals surface area (Å²) in [7, 11) is 0. The Labute approximate surface area is 124 Å². The lowest BCUT2D eigenvalue weighted by Gasteiger charge is -2.11. The Balaban J connectivity index is 2.46. The number of hydrogen-bond acceptors (Lipinski definition) is 3. The molecule has 110 valence electrons. The number of carbonyl (C=O) groups is 1. The number of hydrogen-bond donors (Lipinski definition) is 4. The normalized spacial score (nSPS) is 10.1. The molecule has 0 saturated carbocycles. The Morgan fingerprint density at radius 3 is 2.70 bits per heavy atom. The molecule has 0 fully saturated rings. The Morgan fingerprint density at radius 2 is 2.05 bits per heavy atom. The zero-order chi connectivity index (χ0) is 15.0. The molecule has 0 heterocycles. The summed E-state index contributed by atoms with van der Waals surface area (Å²) in [6.07, 6.45) is 4.61. The highest BCUT2D eigenvalue weighted by Gasteiger charge is 2.10. The van der Waals surface area contributed by atoms with Crippen molar-refractivity contribution in [3.8, 4) is 5.75 Å². The summed E-state index contributed by atoms with van der Waals surface area (Å²) in [6, 6.07) is 4.26. The van der Waals surface area contributed by atoms with E-state index in [1.54, 1.807) is 6.07 Å². The number of aromatic hydroxyl groups is 1. The van der Waals surface area contributed by atoms with Crippen molar-refractivity contribution in [2.75, 3.05) is 11.9 Å². The van der Waals surface area contributed by atoms with Crippen molar-refractivity contribution >= 4 is 29.0 Å². The molecule has 5 nitrogen and oxygen atoms in total. The maximum Gasteiger partial charge on any atom is 0.339 e. The Hall–Kier alpha value is -1.82. The van der Waals surface area contributed by atoms with E-state index in [1.807, 2.05) is 0 Å². The van der Waals surface area contributed by atoms with E-state index in [1.165, 1.54) is 25.0 Å². The first-order valence-electron chi connectivity index (χ1n) is 6.65. The van der Waals surface area contributed by atoms with Gasteiger partial charge in [-0.1, -0.05) is 26.2 Å². The highest BCUT2D eigenvalue weighted by molar-refractivity contribution is 7.80. The van der Waals surface area contributed by atoms with Crippen LogP contribution in [-0.4, -0.2) is 27.8 Å². The topological polar surface area (TPSA) is 81.6 Å². The molecule has 1 aromatic carbocycles. The Morgan fingerprint density at radius 1 is 1.30 bits per heavy atom. The van der Waals surface area contributed by atoms with Gasteiger partial charge in [0.2, 0.25) is 0 Å². The molecule has 1 aromatic rings. The summed E-state index contributed by atoms with van der Waals surface area (Å²) in [5.74, 6) is -1.44.